The predicted molar refractivity (Wildman–Crippen MR) is 160 cm³/mol. The summed E-state index contributed by atoms with van der Waals surface area (Å²) in [4.78, 5) is 30.1. The maximum atomic E-state index is 13.2. The molecule has 7 N–H and O–H groups in total. The Balaban J connectivity index is 1.52. The van der Waals surface area contributed by atoms with Crippen molar-refractivity contribution in [3.8, 4) is 11.5 Å². The first-order chi connectivity index (χ1) is 19.2. The summed E-state index contributed by atoms with van der Waals surface area (Å²) in [6, 6.07) is 25.6. The molecule has 0 saturated heterocycles. The van der Waals surface area contributed by atoms with E-state index in [1.165, 1.54) is 0 Å². The number of nitrogens with zero attached hydrogens (tertiary/aromatic N) is 1. The molecule has 2 amide bonds. The number of amidine groups is 1. The van der Waals surface area contributed by atoms with E-state index in [1.54, 1.807) is 60.7 Å². The molecule has 204 valence electrons. The number of anilines is 2. The van der Waals surface area contributed by atoms with Crippen LogP contribution in [0.2, 0.25) is 10.0 Å². The van der Waals surface area contributed by atoms with Crippen LogP contribution in [0.1, 0.15) is 33.8 Å². The summed E-state index contributed by atoms with van der Waals surface area (Å²) >= 11 is 12.2. The second-order valence-electron chi connectivity index (χ2n) is 8.84. The van der Waals surface area contributed by atoms with Crippen LogP contribution in [0.4, 0.5) is 11.4 Å². The van der Waals surface area contributed by atoms with Gasteiger partial charge in [-0.15, -0.1) is 0 Å². The molecule has 1 atom stereocenters. The van der Waals surface area contributed by atoms with Crippen LogP contribution in [-0.4, -0.2) is 24.2 Å². The second-order valence-corrected chi connectivity index (χ2v) is 9.65. The Bertz CT molecular complexity index is 1560. The minimum absolute atomic E-state index is 0.101. The fraction of sp³-hybridized carbons (Fsp3) is 0.100. The molecule has 0 bridgehead atoms. The Hall–Kier alpha value is -4.37. The summed E-state index contributed by atoms with van der Waals surface area (Å²) in [5.41, 5.74) is 20.0. The van der Waals surface area contributed by atoms with Crippen LogP contribution in [0.3, 0.4) is 0 Å². The molecule has 1 unspecified atom stereocenters. The zero-order valence-electron chi connectivity index (χ0n) is 21.3. The van der Waals surface area contributed by atoms with Gasteiger partial charge >= 0.3 is 0 Å². The van der Waals surface area contributed by atoms with E-state index in [0.29, 0.717) is 44.8 Å². The van der Waals surface area contributed by atoms with Crippen molar-refractivity contribution < 1.29 is 14.3 Å². The van der Waals surface area contributed by atoms with Gasteiger partial charge in [0.2, 0.25) is 5.91 Å². The fourth-order valence-corrected chi connectivity index (χ4v) is 4.29. The van der Waals surface area contributed by atoms with E-state index in [9.17, 15) is 9.59 Å². The third kappa shape index (κ3) is 7.18. The van der Waals surface area contributed by atoms with Gasteiger partial charge in [-0.3, -0.25) is 9.59 Å². The molecule has 4 aromatic carbocycles. The molecule has 0 aliphatic carbocycles. The molecule has 0 spiro atoms. The molecule has 0 saturated carbocycles. The van der Waals surface area contributed by atoms with Crippen LogP contribution in [-0.2, 0) is 4.79 Å². The summed E-state index contributed by atoms with van der Waals surface area (Å²) in [5, 5.41) is 3.59. The Labute approximate surface area is 241 Å². The van der Waals surface area contributed by atoms with Gasteiger partial charge in [0.25, 0.3) is 5.91 Å². The highest BCUT2D eigenvalue weighted by Gasteiger charge is 2.21. The summed E-state index contributed by atoms with van der Waals surface area (Å²) in [7, 11) is 0. The quantitative estimate of drug-likeness (QED) is 0.109. The maximum absolute atomic E-state index is 13.2. The molecular weight excluding hydrogens is 549 g/mol. The average molecular weight is 576 g/mol. The van der Waals surface area contributed by atoms with Crippen molar-refractivity contribution in [2.45, 2.75) is 12.3 Å². The van der Waals surface area contributed by atoms with E-state index < -0.39 is 11.8 Å². The molecule has 0 fully saturated rings. The van der Waals surface area contributed by atoms with Gasteiger partial charge in [-0.2, -0.15) is 4.99 Å². The lowest BCUT2D eigenvalue weighted by Crippen LogP contribution is -2.24. The second kappa shape index (κ2) is 13.1. The summed E-state index contributed by atoms with van der Waals surface area (Å²) in [6.07, 6.45) is 0.386. The monoisotopic (exact) mass is 575 g/mol. The number of benzene rings is 4. The number of aliphatic imine (C=N–C) groups is 1. The van der Waals surface area contributed by atoms with Crippen LogP contribution >= 0.6 is 23.2 Å². The molecule has 8 nitrogen and oxygen atoms in total. The number of nitrogens with two attached hydrogens (primary N) is 3. The van der Waals surface area contributed by atoms with Crippen molar-refractivity contribution in [3.05, 3.63) is 118 Å². The predicted octanol–water partition coefficient (Wildman–Crippen LogP) is 5.98. The van der Waals surface area contributed by atoms with E-state index in [0.717, 1.165) is 0 Å². The van der Waals surface area contributed by atoms with Gasteiger partial charge in [0, 0.05) is 22.5 Å². The van der Waals surface area contributed by atoms with Crippen LogP contribution < -0.4 is 27.3 Å². The highest BCUT2D eigenvalue weighted by molar-refractivity contribution is 6.42. The van der Waals surface area contributed by atoms with E-state index in [2.05, 4.69) is 10.3 Å². The fourth-order valence-electron chi connectivity index (χ4n) is 3.98. The Morgan fingerprint density at radius 2 is 1.62 bits per heavy atom. The van der Waals surface area contributed by atoms with Crippen LogP contribution in [0.15, 0.2) is 96.0 Å². The Morgan fingerprint density at radius 1 is 0.875 bits per heavy atom. The van der Waals surface area contributed by atoms with Gasteiger partial charge in [-0.25, -0.2) is 0 Å². The van der Waals surface area contributed by atoms with Crippen molar-refractivity contribution in [2.24, 2.45) is 16.5 Å². The van der Waals surface area contributed by atoms with Crippen LogP contribution in [0.5, 0.6) is 11.5 Å². The molecule has 10 heteroatoms. The molecule has 0 aliphatic heterocycles. The third-order valence-corrected chi connectivity index (χ3v) is 6.74. The normalized spacial score (nSPS) is 12.0. The van der Waals surface area contributed by atoms with Crippen molar-refractivity contribution >= 4 is 52.2 Å². The topological polar surface area (TPSA) is 146 Å². The standard InChI is InChI=1S/C30H27Cl2N5O3/c31-25-11-9-18(16-26(25)32)23(13-14-33)30(39)36-20-10-12-27(34)24(17-20)28(35)37-29(38)19-5-4-8-22(15-19)40-21-6-2-1-3-7-21/h1-12,15-17,23H,13-14,33-34H2,(H,36,39)(H2,35,37,38). The number of hydrogen-bond donors (Lipinski definition) is 4. The largest absolute Gasteiger partial charge is 0.457 e. The lowest BCUT2D eigenvalue weighted by molar-refractivity contribution is -0.117. The highest BCUT2D eigenvalue weighted by atomic mass is 35.5. The molecular formula is C30H27Cl2N5O3. The number of nitrogen functional groups attached to an aromatic ring is 1. The summed E-state index contributed by atoms with van der Waals surface area (Å²) < 4.78 is 5.80. The van der Waals surface area contributed by atoms with Gasteiger partial charge in [-0.05, 0) is 79.2 Å². The van der Waals surface area contributed by atoms with Gasteiger partial charge in [0.1, 0.15) is 17.3 Å². The molecule has 0 radical (unpaired) electrons. The lowest BCUT2D eigenvalue weighted by atomic mass is 9.94. The lowest BCUT2D eigenvalue weighted by Gasteiger charge is -2.18. The minimum atomic E-state index is -0.576. The molecule has 0 aromatic heterocycles. The van der Waals surface area contributed by atoms with E-state index in [-0.39, 0.29) is 29.5 Å². The van der Waals surface area contributed by atoms with E-state index >= 15 is 0 Å². The molecule has 0 aliphatic rings. The van der Waals surface area contributed by atoms with Crippen molar-refractivity contribution in [2.75, 3.05) is 17.6 Å². The smallest absolute Gasteiger partial charge is 0.279 e. The van der Waals surface area contributed by atoms with Crippen molar-refractivity contribution in [1.82, 2.24) is 0 Å². The van der Waals surface area contributed by atoms with Gasteiger partial charge < -0.3 is 27.3 Å². The number of para-hydroxylation sites is 1. The van der Waals surface area contributed by atoms with Crippen molar-refractivity contribution in [1.29, 1.82) is 0 Å². The summed E-state index contributed by atoms with van der Waals surface area (Å²) in [6.45, 7) is 0.282. The number of carbonyl (C=O) groups is 2. The Morgan fingerprint density at radius 3 is 2.35 bits per heavy atom. The van der Waals surface area contributed by atoms with Crippen molar-refractivity contribution in [3.63, 3.8) is 0 Å². The van der Waals surface area contributed by atoms with E-state index in [4.69, 9.17) is 45.1 Å². The third-order valence-electron chi connectivity index (χ3n) is 6.00. The molecule has 0 heterocycles. The number of halogens is 2. The van der Waals surface area contributed by atoms with Crippen LogP contribution in [0, 0.1) is 0 Å². The number of carbonyl (C=O) groups excluding carboxylic acids is 2. The van der Waals surface area contributed by atoms with Gasteiger partial charge in [0.05, 0.1) is 16.0 Å². The van der Waals surface area contributed by atoms with Gasteiger partial charge in [0.15, 0.2) is 0 Å². The Kier molecular flexibility index (Phi) is 9.39. The summed E-state index contributed by atoms with van der Waals surface area (Å²) in [5.74, 6) is -0.442. The SMILES string of the molecule is NCCC(C(=O)Nc1ccc(N)c(C(N)=NC(=O)c2cccc(Oc3ccccc3)c2)c1)c1ccc(Cl)c(Cl)c1. The molecule has 4 aromatic rings. The number of nitrogens with one attached hydrogen (secondary N) is 1. The number of rotatable bonds is 9. The molecule has 4 rings (SSSR count). The van der Waals surface area contributed by atoms with E-state index in [1.807, 2.05) is 30.3 Å². The number of ether oxygens (including phenoxy) is 1. The first-order valence-electron chi connectivity index (χ1n) is 12.3. The first-order valence-corrected chi connectivity index (χ1v) is 13.1. The number of hydrogen-bond acceptors (Lipinski definition) is 5. The van der Waals surface area contributed by atoms with Gasteiger partial charge in [-0.1, -0.05) is 53.5 Å². The zero-order valence-corrected chi connectivity index (χ0v) is 22.8. The number of amides is 2. The first kappa shape index (κ1) is 28.6. The highest BCUT2D eigenvalue weighted by Crippen LogP contribution is 2.29. The molecule has 40 heavy (non-hydrogen) atoms. The minimum Gasteiger partial charge on any atom is -0.457 e. The zero-order chi connectivity index (χ0) is 28.6. The average Bonchev–Trinajstić information content (AvgIpc) is 2.95. The maximum Gasteiger partial charge on any atom is 0.279 e. The van der Waals surface area contributed by atoms with Crippen LogP contribution in [0.25, 0.3) is 0 Å².